The summed E-state index contributed by atoms with van der Waals surface area (Å²) in [4.78, 5) is 49.8. The van der Waals surface area contributed by atoms with Gasteiger partial charge in [0.1, 0.15) is 24.5 Å². The summed E-state index contributed by atoms with van der Waals surface area (Å²) in [6, 6.07) is 4.35. The van der Waals surface area contributed by atoms with Crippen LogP contribution in [0.5, 0.6) is 0 Å². The minimum Gasteiger partial charge on any atom is -0.481 e. The van der Waals surface area contributed by atoms with Gasteiger partial charge < -0.3 is 19.7 Å². The van der Waals surface area contributed by atoms with Crippen LogP contribution >= 0.6 is 0 Å². The molecule has 1 aromatic carbocycles. The summed E-state index contributed by atoms with van der Waals surface area (Å²) in [6.07, 6.45) is -4.04. The molecule has 1 saturated heterocycles. The Bertz CT molecular complexity index is 1110. The highest BCUT2D eigenvalue weighted by Gasteiger charge is 2.36. The molecule has 35 heavy (non-hydrogen) atoms. The molecule has 0 bridgehead atoms. The summed E-state index contributed by atoms with van der Waals surface area (Å²) in [5.41, 5.74) is -0.779. The molecule has 188 valence electrons. The SMILES string of the molecule is O=C(O)CC(NC(=O)[C@@H]1CCCCN1C(=O)c1ccc(-c2cccc(C(F)(F)F)c2)o1)C(=O)CF. The summed E-state index contributed by atoms with van der Waals surface area (Å²) < 4.78 is 57.3. The van der Waals surface area contributed by atoms with Crippen molar-refractivity contribution in [2.75, 3.05) is 13.2 Å². The third kappa shape index (κ3) is 6.25. The van der Waals surface area contributed by atoms with E-state index in [2.05, 4.69) is 5.32 Å². The number of nitrogens with one attached hydrogen (secondary N) is 1. The van der Waals surface area contributed by atoms with Crippen LogP contribution in [-0.2, 0) is 20.6 Å². The molecule has 3 rings (SSSR count). The van der Waals surface area contributed by atoms with Crippen LogP contribution < -0.4 is 5.32 Å². The number of alkyl halides is 4. The van der Waals surface area contributed by atoms with Gasteiger partial charge in [0, 0.05) is 12.1 Å². The third-order valence-electron chi connectivity index (χ3n) is 5.57. The molecule has 2 atom stereocenters. The lowest BCUT2D eigenvalue weighted by Crippen LogP contribution is -2.55. The fourth-order valence-corrected chi connectivity index (χ4v) is 3.83. The van der Waals surface area contributed by atoms with Crippen LogP contribution in [0.1, 0.15) is 41.8 Å². The van der Waals surface area contributed by atoms with Crippen LogP contribution in [0.4, 0.5) is 17.6 Å². The van der Waals surface area contributed by atoms with Crippen LogP contribution in [0, 0.1) is 0 Å². The zero-order chi connectivity index (χ0) is 25.8. The average molecular weight is 498 g/mol. The Hall–Kier alpha value is -3.70. The molecule has 0 saturated carbocycles. The number of furan rings is 1. The minimum atomic E-state index is -4.56. The number of aliphatic carboxylic acids is 1. The highest BCUT2D eigenvalue weighted by atomic mass is 19.4. The lowest BCUT2D eigenvalue weighted by molar-refractivity contribution is -0.141. The predicted octanol–water partition coefficient (Wildman–Crippen LogP) is 3.46. The molecule has 1 aliphatic heterocycles. The van der Waals surface area contributed by atoms with Crippen molar-refractivity contribution in [3.05, 3.63) is 47.7 Å². The van der Waals surface area contributed by atoms with E-state index < -0.39 is 60.5 Å². The molecular weight excluding hydrogens is 476 g/mol. The Morgan fingerprint density at radius 2 is 1.89 bits per heavy atom. The molecule has 1 aliphatic rings. The Balaban J connectivity index is 1.79. The zero-order valence-corrected chi connectivity index (χ0v) is 18.3. The van der Waals surface area contributed by atoms with Crippen molar-refractivity contribution in [3.63, 3.8) is 0 Å². The molecule has 2 N–H and O–H groups in total. The van der Waals surface area contributed by atoms with Gasteiger partial charge in [-0.15, -0.1) is 0 Å². The molecule has 2 aromatic rings. The highest BCUT2D eigenvalue weighted by molar-refractivity contribution is 5.98. The first-order chi connectivity index (χ1) is 16.5. The number of nitrogens with zero attached hydrogens (tertiary/aromatic N) is 1. The number of carboxylic acids is 1. The molecule has 1 aromatic heterocycles. The lowest BCUT2D eigenvalue weighted by atomic mass is 10.00. The number of hydrogen-bond acceptors (Lipinski definition) is 5. The van der Waals surface area contributed by atoms with E-state index in [0.717, 1.165) is 12.1 Å². The number of likely N-dealkylation sites (tertiary alicyclic amines) is 1. The Kier molecular flexibility index (Phi) is 7.92. The number of benzene rings is 1. The van der Waals surface area contributed by atoms with E-state index in [4.69, 9.17) is 9.52 Å². The molecule has 0 radical (unpaired) electrons. The zero-order valence-electron chi connectivity index (χ0n) is 18.3. The number of ketones is 1. The van der Waals surface area contributed by atoms with Gasteiger partial charge in [-0.3, -0.25) is 19.2 Å². The Labute approximate surface area is 196 Å². The number of carboxylic acid groups (broad SMARTS) is 1. The van der Waals surface area contributed by atoms with E-state index in [0.29, 0.717) is 12.8 Å². The van der Waals surface area contributed by atoms with Gasteiger partial charge in [0.2, 0.25) is 5.91 Å². The molecule has 0 spiro atoms. The molecule has 0 aliphatic carbocycles. The summed E-state index contributed by atoms with van der Waals surface area (Å²) >= 11 is 0. The van der Waals surface area contributed by atoms with Crippen molar-refractivity contribution in [1.29, 1.82) is 0 Å². The number of rotatable bonds is 8. The Morgan fingerprint density at radius 3 is 2.54 bits per heavy atom. The number of piperidine rings is 1. The standard InChI is InChI=1S/C23H22F4N2O6/c24-12-17(30)15(11-20(31)32)28-21(33)16-6-1-2-9-29(16)22(34)19-8-7-18(35-19)13-4-3-5-14(10-13)23(25,26)27/h3-5,7-8,10,15-16H,1-2,6,9,11-12H2,(H,28,33)(H,31,32)/t15?,16-/m0/s1. The van der Waals surface area contributed by atoms with Gasteiger partial charge in [-0.2, -0.15) is 13.2 Å². The van der Waals surface area contributed by atoms with E-state index >= 15 is 0 Å². The van der Waals surface area contributed by atoms with Gasteiger partial charge in [0.05, 0.1) is 12.0 Å². The van der Waals surface area contributed by atoms with Crippen molar-refractivity contribution >= 4 is 23.6 Å². The average Bonchev–Trinajstić information content (AvgIpc) is 3.32. The monoisotopic (exact) mass is 498 g/mol. The van der Waals surface area contributed by atoms with Crippen molar-refractivity contribution in [3.8, 4) is 11.3 Å². The van der Waals surface area contributed by atoms with E-state index in [1.54, 1.807) is 0 Å². The van der Waals surface area contributed by atoms with Crippen LogP contribution in [0.2, 0.25) is 0 Å². The van der Waals surface area contributed by atoms with E-state index in [9.17, 15) is 36.7 Å². The molecule has 8 nitrogen and oxygen atoms in total. The number of halogens is 4. The third-order valence-corrected chi connectivity index (χ3v) is 5.57. The maximum atomic E-state index is 13.1. The van der Waals surface area contributed by atoms with Crippen molar-refractivity contribution < 1.29 is 46.3 Å². The van der Waals surface area contributed by atoms with Crippen molar-refractivity contribution in [2.24, 2.45) is 0 Å². The predicted molar refractivity (Wildman–Crippen MR) is 113 cm³/mol. The van der Waals surface area contributed by atoms with Gasteiger partial charge in [-0.25, -0.2) is 4.39 Å². The highest BCUT2D eigenvalue weighted by Crippen LogP contribution is 2.33. The second kappa shape index (κ2) is 10.7. The quantitative estimate of drug-likeness (QED) is 0.539. The largest absolute Gasteiger partial charge is 0.481 e. The van der Waals surface area contributed by atoms with Crippen molar-refractivity contribution in [2.45, 2.75) is 43.9 Å². The van der Waals surface area contributed by atoms with E-state index in [1.165, 1.54) is 29.2 Å². The summed E-state index contributed by atoms with van der Waals surface area (Å²) in [5.74, 6) is -4.21. The summed E-state index contributed by atoms with van der Waals surface area (Å²) in [6.45, 7) is -1.31. The first-order valence-electron chi connectivity index (χ1n) is 10.7. The Morgan fingerprint density at radius 1 is 1.14 bits per heavy atom. The van der Waals surface area contributed by atoms with Gasteiger partial charge in [0.15, 0.2) is 11.5 Å². The van der Waals surface area contributed by atoms with Gasteiger partial charge >= 0.3 is 12.1 Å². The smallest absolute Gasteiger partial charge is 0.416 e. The summed E-state index contributed by atoms with van der Waals surface area (Å²) in [7, 11) is 0. The molecule has 2 amide bonds. The number of carbonyl (C=O) groups is 4. The van der Waals surface area contributed by atoms with E-state index in [1.807, 2.05) is 0 Å². The molecule has 2 heterocycles. The number of amides is 2. The number of carbonyl (C=O) groups excluding carboxylic acids is 3. The lowest BCUT2D eigenvalue weighted by Gasteiger charge is -2.34. The fraction of sp³-hybridized carbons (Fsp3) is 0.391. The first-order valence-corrected chi connectivity index (χ1v) is 10.7. The first kappa shape index (κ1) is 25.9. The maximum absolute atomic E-state index is 13.1. The van der Waals surface area contributed by atoms with Gasteiger partial charge in [-0.05, 0) is 43.5 Å². The molecule has 1 unspecified atom stereocenters. The topological polar surface area (TPSA) is 117 Å². The second-order valence-corrected chi connectivity index (χ2v) is 8.01. The molecular formula is C23H22F4N2O6. The minimum absolute atomic E-state index is 0.0209. The van der Waals surface area contributed by atoms with Crippen LogP contribution in [0.3, 0.4) is 0 Å². The van der Waals surface area contributed by atoms with E-state index in [-0.39, 0.29) is 30.0 Å². The number of Topliss-reactive ketones (excluding diaryl/α,β-unsaturated/α-hetero) is 1. The maximum Gasteiger partial charge on any atom is 0.416 e. The van der Waals surface area contributed by atoms with Gasteiger partial charge in [0.25, 0.3) is 5.91 Å². The van der Waals surface area contributed by atoms with Crippen LogP contribution in [0.25, 0.3) is 11.3 Å². The molecule has 12 heteroatoms. The summed E-state index contributed by atoms with van der Waals surface area (Å²) in [5, 5.41) is 11.1. The van der Waals surface area contributed by atoms with Crippen LogP contribution in [0.15, 0.2) is 40.8 Å². The normalized spacial score (nSPS) is 17.0. The number of hydrogen-bond donors (Lipinski definition) is 2. The molecule has 1 fully saturated rings. The fourth-order valence-electron chi connectivity index (χ4n) is 3.83. The van der Waals surface area contributed by atoms with Gasteiger partial charge in [-0.1, -0.05) is 12.1 Å². The van der Waals surface area contributed by atoms with Crippen molar-refractivity contribution in [1.82, 2.24) is 10.2 Å². The second-order valence-electron chi connectivity index (χ2n) is 8.01. The van der Waals surface area contributed by atoms with Crippen LogP contribution in [-0.4, -0.2) is 58.9 Å².